The fourth-order valence-electron chi connectivity index (χ4n) is 16.6. The molecule has 98 heavy (non-hydrogen) atoms. The summed E-state index contributed by atoms with van der Waals surface area (Å²) in [6, 6.07) is 115. The highest BCUT2D eigenvalue weighted by molar-refractivity contribution is 7.27. The summed E-state index contributed by atoms with van der Waals surface area (Å²) in [5.41, 5.74) is 17.0. The Balaban J connectivity index is 1.05. The molecule has 15 aromatic carbocycles. The van der Waals surface area contributed by atoms with Gasteiger partial charge in [-0.25, -0.2) is 0 Å². The Morgan fingerprint density at radius 3 is 1.21 bits per heavy atom. The van der Waals surface area contributed by atoms with E-state index in [-0.39, 0.29) is 0 Å². The van der Waals surface area contributed by atoms with Gasteiger partial charge < -0.3 is 18.3 Å². The molecule has 0 atom stereocenters. The molecule has 21 aromatic rings. The van der Waals surface area contributed by atoms with E-state index in [4.69, 9.17) is 0 Å². The molecule has 6 aromatic heterocycles. The summed E-state index contributed by atoms with van der Waals surface area (Å²) in [5, 5.41) is 42.2. The molecule has 21 rings (SSSR count). The minimum atomic E-state index is 0.401. The highest BCUT2D eigenvalue weighted by Gasteiger charge is 2.36. The first kappa shape index (κ1) is 54.6. The van der Waals surface area contributed by atoms with Gasteiger partial charge in [0.25, 0.3) is 0 Å². The molecular formula is C90H50N6S2. The van der Waals surface area contributed by atoms with Crippen molar-refractivity contribution >= 4 is 161 Å². The number of nitrogens with zero attached hydrogens (tertiary/aromatic N) is 6. The van der Waals surface area contributed by atoms with Crippen LogP contribution in [0.5, 0.6) is 0 Å². The maximum atomic E-state index is 13.6. The maximum Gasteiger partial charge on any atom is 0.104 e. The van der Waals surface area contributed by atoms with Crippen LogP contribution in [0.15, 0.2) is 303 Å². The number of fused-ring (bicyclic) bond motifs is 21. The van der Waals surface area contributed by atoms with Gasteiger partial charge in [0.1, 0.15) is 23.3 Å². The molecule has 0 unspecified atom stereocenters. The Labute approximate surface area is 568 Å². The fourth-order valence-corrected chi connectivity index (χ4v) is 19.1. The second kappa shape index (κ2) is 20.8. The monoisotopic (exact) mass is 1280 g/mol. The SMILES string of the molecule is N#Cc1c(-n2c3ccccc3c3ccccc32)c(-n2c3cccc(-c4ccccc4-c4ccccc4)c3c3ccc4c5ccccc5sc4c32)c(C#N)c(-n2c3ccccc3c3ccccc32)c1-n1c2cc(-c3cccc4ccccc34)ccc2c2ccc3c4ccccc4sc3c21. The first-order valence-electron chi connectivity index (χ1n) is 33.0. The third kappa shape index (κ3) is 7.47. The van der Waals surface area contributed by atoms with Crippen molar-refractivity contribution in [2.75, 3.05) is 0 Å². The van der Waals surface area contributed by atoms with E-state index >= 15 is 0 Å². The molecule has 0 fully saturated rings. The first-order chi connectivity index (χ1) is 48.6. The number of nitriles is 2. The third-order valence-corrected chi connectivity index (χ3v) is 23.0. The number of hydrogen-bond donors (Lipinski definition) is 0. The van der Waals surface area contributed by atoms with E-state index in [1.807, 2.05) is 0 Å². The zero-order valence-electron chi connectivity index (χ0n) is 52.4. The van der Waals surface area contributed by atoms with Crippen molar-refractivity contribution in [3.8, 4) is 68.3 Å². The standard InChI is InChI=1S/C90H50N6S2/c91-51-72-84(94-76-39-16-10-31-62(76)63-32-11-17-40-77(63)94)86(96-79-50-55(58-35-20-25-54-24-4-5-26-56(54)58)44-45-64(79)68-46-47-69-65-33-12-18-42-80(65)97-89(69)87(68)96)73(52-92)83(93-74-37-14-8-29-60(74)61-30-9-15-38-75(61)93)85(72)95-78-41-21-36-67(59-28-7-6-27-57(59)53-22-2-1-3-23-53)82(78)71-49-48-70-66-34-13-19-43-81(66)98-90(70)88(71)95/h1-50H. The lowest BCUT2D eigenvalue weighted by Crippen LogP contribution is -2.16. The van der Waals surface area contributed by atoms with Crippen LogP contribution in [-0.4, -0.2) is 18.3 Å². The van der Waals surface area contributed by atoms with E-state index < -0.39 is 0 Å². The number of aromatic nitrogens is 4. The van der Waals surface area contributed by atoms with Crippen molar-refractivity contribution in [3.63, 3.8) is 0 Å². The molecule has 6 nitrogen and oxygen atoms in total. The Hall–Kier alpha value is -12.8. The molecule has 0 radical (unpaired) electrons. The van der Waals surface area contributed by atoms with Crippen LogP contribution >= 0.6 is 22.7 Å². The first-order valence-corrected chi connectivity index (χ1v) is 34.7. The predicted molar refractivity (Wildman–Crippen MR) is 413 cm³/mol. The van der Waals surface area contributed by atoms with Gasteiger partial charge in [0, 0.05) is 74.0 Å². The predicted octanol–water partition coefficient (Wildman–Crippen LogP) is 24.7. The molecule has 0 aliphatic heterocycles. The summed E-state index contributed by atoms with van der Waals surface area (Å²) in [4.78, 5) is 0. The van der Waals surface area contributed by atoms with Crippen LogP contribution in [-0.2, 0) is 0 Å². The largest absolute Gasteiger partial charge is 0.306 e. The van der Waals surface area contributed by atoms with Crippen molar-refractivity contribution in [2.24, 2.45) is 0 Å². The lowest BCUT2D eigenvalue weighted by Gasteiger charge is -2.27. The molecule has 0 saturated carbocycles. The van der Waals surface area contributed by atoms with E-state index in [0.29, 0.717) is 33.9 Å². The Kier molecular flexibility index (Phi) is 11.6. The second-order valence-electron chi connectivity index (χ2n) is 25.5. The fraction of sp³-hybridized carbons (Fsp3) is 0. The van der Waals surface area contributed by atoms with Gasteiger partial charge in [-0.1, -0.05) is 255 Å². The van der Waals surface area contributed by atoms with Gasteiger partial charge >= 0.3 is 0 Å². The zero-order chi connectivity index (χ0) is 64.4. The Morgan fingerprint density at radius 1 is 0.245 bits per heavy atom. The summed E-state index contributed by atoms with van der Waals surface area (Å²) in [6.07, 6.45) is 0. The number of rotatable bonds is 7. The van der Waals surface area contributed by atoms with Crippen molar-refractivity contribution in [1.82, 2.24) is 18.3 Å². The average Bonchev–Trinajstić information content (AvgIpc) is 1.49. The minimum absolute atomic E-state index is 0.401. The smallest absolute Gasteiger partial charge is 0.104 e. The van der Waals surface area contributed by atoms with Gasteiger partial charge in [0.2, 0.25) is 0 Å². The van der Waals surface area contributed by atoms with Crippen molar-refractivity contribution in [1.29, 1.82) is 10.5 Å². The molecule has 0 spiro atoms. The van der Waals surface area contributed by atoms with Gasteiger partial charge in [0.05, 0.1) is 76.3 Å². The van der Waals surface area contributed by atoms with Crippen molar-refractivity contribution in [3.05, 3.63) is 314 Å². The van der Waals surface area contributed by atoms with E-state index in [9.17, 15) is 10.5 Å². The van der Waals surface area contributed by atoms with Gasteiger partial charge in [-0.2, -0.15) is 10.5 Å². The quantitative estimate of drug-likeness (QED) is 0.160. The molecule has 8 heteroatoms. The number of benzene rings is 15. The van der Waals surface area contributed by atoms with Crippen LogP contribution in [0.3, 0.4) is 0 Å². The highest BCUT2D eigenvalue weighted by atomic mass is 32.1. The molecule has 0 aliphatic rings. The van der Waals surface area contributed by atoms with Crippen molar-refractivity contribution in [2.45, 2.75) is 0 Å². The molecule has 0 aliphatic carbocycles. The molecular weight excluding hydrogens is 1230 g/mol. The lowest BCUT2D eigenvalue weighted by atomic mass is 9.92. The van der Waals surface area contributed by atoms with Crippen LogP contribution < -0.4 is 0 Å². The van der Waals surface area contributed by atoms with Crippen LogP contribution in [0.1, 0.15) is 11.1 Å². The molecule has 0 N–H and O–H groups in total. The van der Waals surface area contributed by atoms with Crippen molar-refractivity contribution < 1.29 is 0 Å². The van der Waals surface area contributed by atoms with Gasteiger partial charge in [0.15, 0.2) is 0 Å². The second-order valence-corrected chi connectivity index (χ2v) is 27.6. The molecule has 0 amide bonds. The Bertz CT molecular complexity index is 7040. The van der Waals surface area contributed by atoms with Crippen LogP contribution in [0.2, 0.25) is 0 Å². The Morgan fingerprint density at radius 2 is 0.633 bits per heavy atom. The summed E-state index contributed by atoms with van der Waals surface area (Å²) in [6.45, 7) is 0. The summed E-state index contributed by atoms with van der Waals surface area (Å²) in [5.74, 6) is 0. The topological polar surface area (TPSA) is 67.3 Å². The van der Waals surface area contributed by atoms with E-state index in [1.54, 1.807) is 22.7 Å². The third-order valence-electron chi connectivity index (χ3n) is 20.6. The van der Waals surface area contributed by atoms with Crippen LogP contribution in [0.4, 0.5) is 0 Å². The van der Waals surface area contributed by atoms with E-state index in [1.165, 1.54) is 0 Å². The van der Waals surface area contributed by atoms with Crippen LogP contribution in [0.25, 0.3) is 194 Å². The molecule has 452 valence electrons. The zero-order valence-corrected chi connectivity index (χ0v) is 54.0. The summed E-state index contributed by atoms with van der Waals surface area (Å²) >= 11 is 3.55. The summed E-state index contributed by atoms with van der Waals surface area (Å²) in [7, 11) is 0. The minimum Gasteiger partial charge on any atom is -0.306 e. The maximum absolute atomic E-state index is 13.6. The average molecular weight is 1280 g/mol. The van der Waals surface area contributed by atoms with E-state index in [2.05, 4.69) is 334 Å². The normalized spacial score (nSPS) is 12.1. The van der Waals surface area contributed by atoms with Crippen LogP contribution in [0, 0.1) is 22.7 Å². The van der Waals surface area contributed by atoms with Gasteiger partial charge in [-0.15, -0.1) is 22.7 Å². The molecule has 0 bridgehead atoms. The molecule has 0 saturated heterocycles. The lowest BCUT2D eigenvalue weighted by molar-refractivity contribution is 1.03. The van der Waals surface area contributed by atoms with E-state index in [0.717, 1.165) is 172 Å². The van der Waals surface area contributed by atoms with Gasteiger partial charge in [-0.3, -0.25) is 0 Å². The molecule has 6 heterocycles. The number of para-hydroxylation sites is 4. The number of thiophene rings is 2. The highest BCUT2D eigenvalue weighted by Crippen LogP contribution is 2.54. The number of hydrogen-bond acceptors (Lipinski definition) is 4. The van der Waals surface area contributed by atoms with Gasteiger partial charge in [-0.05, 0) is 92.7 Å². The summed E-state index contributed by atoms with van der Waals surface area (Å²) < 4.78 is 13.9.